The number of methoxy groups -OCH3 is 1. The van der Waals surface area contributed by atoms with Crippen molar-refractivity contribution in [3.8, 4) is 0 Å². The Morgan fingerprint density at radius 3 is 2.15 bits per heavy atom. The molecule has 0 spiro atoms. The molecule has 0 saturated heterocycles. The van der Waals surface area contributed by atoms with E-state index in [1.807, 2.05) is 13.8 Å². The Morgan fingerprint density at radius 1 is 1.23 bits per heavy atom. The SMILES string of the molecule is COC(C)(C)CC[CH]CC(C)(C)O. The van der Waals surface area contributed by atoms with Gasteiger partial charge in [0.15, 0.2) is 0 Å². The molecule has 0 saturated carbocycles. The molecule has 2 heteroatoms. The lowest BCUT2D eigenvalue weighted by Gasteiger charge is -2.23. The first kappa shape index (κ1) is 12.9. The molecule has 0 atom stereocenters. The fraction of sp³-hybridized carbons (Fsp3) is 0.909. The van der Waals surface area contributed by atoms with Gasteiger partial charge in [-0.3, -0.25) is 0 Å². The lowest BCUT2D eigenvalue weighted by atomic mass is 9.96. The van der Waals surface area contributed by atoms with E-state index in [2.05, 4.69) is 20.3 Å². The Balaban J connectivity index is 3.47. The van der Waals surface area contributed by atoms with Gasteiger partial charge in [-0.25, -0.2) is 0 Å². The minimum absolute atomic E-state index is 0.0455. The minimum Gasteiger partial charge on any atom is -0.390 e. The van der Waals surface area contributed by atoms with Crippen molar-refractivity contribution in [2.75, 3.05) is 7.11 Å². The zero-order valence-electron chi connectivity index (χ0n) is 9.55. The van der Waals surface area contributed by atoms with Gasteiger partial charge in [-0.1, -0.05) is 0 Å². The van der Waals surface area contributed by atoms with Gasteiger partial charge >= 0.3 is 0 Å². The summed E-state index contributed by atoms with van der Waals surface area (Å²) in [6.45, 7) is 7.80. The molecule has 2 nitrogen and oxygen atoms in total. The van der Waals surface area contributed by atoms with E-state index in [-0.39, 0.29) is 5.60 Å². The maximum absolute atomic E-state index is 9.44. The summed E-state index contributed by atoms with van der Waals surface area (Å²) in [6.07, 6.45) is 4.86. The third kappa shape index (κ3) is 8.26. The molecule has 0 aliphatic heterocycles. The number of hydrogen-bond donors (Lipinski definition) is 1. The van der Waals surface area contributed by atoms with Crippen molar-refractivity contribution in [1.29, 1.82) is 0 Å². The second-order valence-corrected chi connectivity index (χ2v) is 4.81. The Bertz CT molecular complexity index is 134. The molecule has 1 N–H and O–H groups in total. The third-order valence-electron chi connectivity index (χ3n) is 2.15. The normalized spacial score (nSPS) is 13.4. The standard InChI is InChI=1S/C11H23O2/c1-10(2,12)8-6-7-9-11(3,4)13-5/h6,12H,7-9H2,1-5H3. The largest absolute Gasteiger partial charge is 0.390 e. The van der Waals surface area contributed by atoms with Crippen molar-refractivity contribution >= 4 is 0 Å². The highest BCUT2D eigenvalue weighted by Crippen LogP contribution is 2.19. The summed E-state index contributed by atoms with van der Waals surface area (Å²) in [5.41, 5.74) is -0.618. The van der Waals surface area contributed by atoms with E-state index in [0.717, 1.165) is 19.3 Å². The van der Waals surface area contributed by atoms with E-state index >= 15 is 0 Å². The van der Waals surface area contributed by atoms with E-state index < -0.39 is 5.60 Å². The van der Waals surface area contributed by atoms with Crippen LogP contribution in [0.25, 0.3) is 0 Å². The lowest BCUT2D eigenvalue weighted by molar-refractivity contribution is 0.0142. The first-order chi connectivity index (χ1) is 5.77. The van der Waals surface area contributed by atoms with Crippen molar-refractivity contribution in [2.45, 2.75) is 58.2 Å². The molecule has 0 fully saturated rings. The molecule has 0 aliphatic rings. The highest BCUT2D eigenvalue weighted by molar-refractivity contribution is 4.79. The first-order valence-electron chi connectivity index (χ1n) is 4.86. The maximum Gasteiger partial charge on any atom is 0.0622 e. The monoisotopic (exact) mass is 187 g/mol. The van der Waals surface area contributed by atoms with E-state index in [1.54, 1.807) is 7.11 Å². The van der Waals surface area contributed by atoms with Gasteiger partial charge in [0.05, 0.1) is 11.2 Å². The lowest BCUT2D eigenvalue weighted by Crippen LogP contribution is -2.23. The van der Waals surface area contributed by atoms with Crippen LogP contribution < -0.4 is 0 Å². The van der Waals surface area contributed by atoms with Crippen LogP contribution in [-0.2, 0) is 4.74 Å². The molecule has 0 rings (SSSR count). The minimum atomic E-state index is -0.572. The summed E-state index contributed by atoms with van der Waals surface area (Å²) in [5, 5.41) is 9.44. The van der Waals surface area contributed by atoms with E-state index in [1.165, 1.54) is 0 Å². The van der Waals surface area contributed by atoms with Crippen LogP contribution in [0.4, 0.5) is 0 Å². The molecule has 0 bridgehead atoms. The zero-order valence-corrected chi connectivity index (χ0v) is 9.55. The van der Waals surface area contributed by atoms with Crippen molar-refractivity contribution in [2.24, 2.45) is 0 Å². The van der Waals surface area contributed by atoms with Crippen molar-refractivity contribution in [1.82, 2.24) is 0 Å². The van der Waals surface area contributed by atoms with Gasteiger partial charge in [-0.2, -0.15) is 0 Å². The van der Waals surface area contributed by atoms with E-state index in [9.17, 15) is 5.11 Å². The maximum atomic E-state index is 9.44. The molecular formula is C11H23O2. The fourth-order valence-corrected chi connectivity index (χ4v) is 1.01. The van der Waals surface area contributed by atoms with Gasteiger partial charge in [0.25, 0.3) is 0 Å². The van der Waals surface area contributed by atoms with Crippen molar-refractivity contribution < 1.29 is 9.84 Å². The average molecular weight is 187 g/mol. The van der Waals surface area contributed by atoms with Gasteiger partial charge in [0.2, 0.25) is 0 Å². The van der Waals surface area contributed by atoms with Crippen LogP contribution in [0.1, 0.15) is 47.0 Å². The smallest absolute Gasteiger partial charge is 0.0622 e. The molecule has 0 heterocycles. The molecule has 0 amide bonds. The van der Waals surface area contributed by atoms with Gasteiger partial charge in [-0.05, 0) is 53.4 Å². The molecule has 1 radical (unpaired) electrons. The Morgan fingerprint density at radius 2 is 1.77 bits per heavy atom. The summed E-state index contributed by atoms with van der Waals surface area (Å²) in [7, 11) is 1.73. The van der Waals surface area contributed by atoms with Gasteiger partial charge in [-0.15, -0.1) is 0 Å². The topological polar surface area (TPSA) is 29.5 Å². The quantitative estimate of drug-likeness (QED) is 0.648. The summed E-state index contributed by atoms with van der Waals surface area (Å²) in [5.74, 6) is 0. The van der Waals surface area contributed by atoms with E-state index in [0.29, 0.717) is 0 Å². The van der Waals surface area contributed by atoms with Crippen LogP contribution in [0.15, 0.2) is 0 Å². The Hall–Kier alpha value is -0.0800. The molecule has 13 heavy (non-hydrogen) atoms. The number of rotatable bonds is 6. The summed E-state index contributed by atoms with van der Waals surface area (Å²) < 4.78 is 5.29. The van der Waals surface area contributed by atoms with Crippen molar-refractivity contribution in [3.63, 3.8) is 0 Å². The van der Waals surface area contributed by atoms with Crippen LogP contribution >= 0.6 is 0 Å². The number of hydrogen-bond acceptors (Lipinski definition) is 2. The second-order valence-electron chi connectivity index (χ2n) is 4.81. The fourth-order valence-electron chi connectivity index (χ4n) is 1.01. The Labute approximate surface area is 82.3 Å². The molecule has 0 aromatic carbocycles. The van der Waals surface area contributed by atoms with Crippen LogP contribution in [0, 0.1) is 6.42 Å². The number of unbranched alkanes of at least 4 members (excludes halogenated alkanes) is 1. The first-order valence-corrected chi connectivity index (χ1v) is 4.86. The molecule has 0 aliphatic carbocycles. The van der Waals surface area contributed by atoms with Gasteiger partial charge in [0.1, 0.15) is 0 Å². The number of ether oxygens (including phenoxy) is 1. The van der Waals surface area contributed by atoms with Crippen LogP contribution in [0.5, 0.6) is 0 Å². The van der Waals surface area contributed by atoms with Gasteiger partial charge in [0, 0.05) is 7.11 Å². The highest BCUT2D eigenvalue weighted by atomic mass is 16.5. The summed E-state index contributed by atoms with van der Waals surface area (Å²) in [6, 6.07) is 0. The highest BCUT2D eigenvalue weighted by Gasteiger charge is 2.17. The molecule has 0 unspecified atom stereocenters. The summed E-state index contributed by atoms with van der Waals surface area (Å²) in [4.78, 5) is 0. The molecule has 0 aromatic rings. The van der Waals surface area contributed by atoms with Crippen molar-refractivity contribution in [3.05, 3.63) is 6.42 Å². The Kier molecular flexibility index (Phi) is 4.93. The van der Waals surface area contributed by atoms with E-state index in [4.69, 9.17) is 4.74 Å². The van der Waals surface area contributed by atoms with Crippen LogP contribution in [-0.4, -0.2) is 23.4 Å². The third-order valence-corrected chi connectivity index (χ3v) is 2.15. The molecule has 0 aromatic heterocycles. The van der Waals surface area contributed by atoms with Crippen LogP contribution in [0.2, 0.25) is 0 Å². The average Bonchev–Trinajstić information content (AvgIpc) is 1.97. The molecule has 79 valence electrons. The number of aliphatic hydroxyl groups is 1. The zero-order chi connectivity index (χ0) is 10.5. The second kappa shape index (κ2) is 4.97. The molecular weight excluding hydrogens is 164 g/mol. The van der Waals surface area contributed by atoms with Crippen LogP contribution in [0.3, 0.4) is 0 Å². The predicted octanol–water partition coefficient (Wildman–Crippen LogP) is 2.56. The van der Waals surface area contributed by atoms with Gasteiger partial charge < -0.3 is 9.84 Å². The predicted molar refractivity (Wildman–Crippen MR) is 55.5 cm³/mol. The summed E-state index contributed by atoms with van der Waals surface area (Å²) >= 11 is 0.